The Hall–Kier alpha value is -3.49. The molecule has 3 aromatic rings. The predicted molar refractivity (Wildman–Crippen MR) is 116 cm³/mol. The van der Waals surface area contributed by atoms with Crippen LogP contribution in [0.1, 0.15) is 41.3 Å². The number of nitrogens with zero attached hydrogens (tertiary/aromatic N) is 4. The molecule has 33 heavy (non-hydrogen) atoms. The zero-order valence-corrected chi connectivity index (χ0v) is 18.2. The van der Waals surface area contributed by atoms with Crippen LogP contribution in [-0.2, 0) is 6.18 Å². The van der Waals surface area contributed by atoms with Crippen LogP contribution >= 0.6 is 0 Å². The van der Waals surface area contributed by atoms with Crippen molar-refractivity contribution in [2.24, 2.45) is 0 Å². The van der Waals surface area contributed by atoms with E-state index >= 15 is 0 Å². The van der Waals surface area contributed by atoms with Crippen LogP contribution in [0.15, 0.2) is 55.0 Å². The summed E-state index contributed by atoms with van der Waals surface area (Å²) in [5.41, 5.74) is 1.24. The first kappa shape index (κ1) is 22.7. The number of halogens is 3. The number of ether oxygens (including phenoxy) is 1. The summed E-state index contributed by atoms with van der Waals surface area (Å²) in [7, 11) is 0. The molecule has 0 N–H and O–H groups in total. The van der Waals surface area contributed by atoms with Gasteiger partial charge in [-0.05, 0) is 50.5 Å². The van der Waals surface area contributed by atoms with Crippen LogP contribution in [0.5, 0.6) is 5.88 Å². The molecule has 6 nitrogen and oxygen atoms in total. The molecule has 3 heterocycles. The SMILES string of the molecule is Cc1cccc(C(=O)N2CCCC(Oc3ccc(C(F)(F)F)cn3)C2C)c1-c1ncccn1. The van der Waals surface area contributed by atoms with E-state index in [1.54, 1.807) is 29.4 Å². The number of aromatic nitrogens is 3. The highest BCUT2D eigenvalue weighted by Gasteiger charge is 2.35. The Morgan fingerprint density at radius 1 is 1.09 bits per heavy atom. The van der Waals surface area contributed by atoms with Gasteiger partial charge in [0.05, 0.1) is 17.2 Å². The van der Waals surface area contributed by atoms with Gasteiger partial charge in [0.2, 0.25) is 5.88 Å². The number of amides is 1. The molecular weight excluding hydrogens is 433 g/mol. The van der Waals surface area contributed by atoms with Gasteiger partial charge >= 0.3 is 6.18 Å². The number of carbonyl (C=O) groups is 1. The van der Waals surface area contributed by atoms with E-state index in [0.717, 1.165) is 17.8 Å². The van der Waals surface area contributed by atoms with E-state index in [-0.39, 0.29) is 17.8 Å². The number of pyridine rings is 1. The van der Waals surface area contributed by atoms with E-state index in [0.29, 0.717) is 36.3 Å². The molecule has 1 aliphatic heterocycles. The molecule has 2 aromatic heterocycles. The number of benzene rings is 1. The van der Waals surface area contributed by atoms with E-state index in [1.807, 2.05) is 26.0 Å². The van der Waals surface area contributed by atoms with Crippen molar-refractivity contribution < 1.29 is 22.7 Å². The number of hydrogen-bond donors (Lipinski definition) is 0. The van der Waals surface area contributed by atoms with E-state index in [4.69, 9.17) is 4.74 Å². The largest absolute Gasteiger partial charge is 0.472 e. The average molecular weight is 456 g/mol. The number of piperidine rings is 1. The molecule has 1 amide bonds. The molecule has 0 spiro atoms. The van der Waals surface area contributed by atoms with Crippen LogP contribution in [-0.4, -0.2) is 44.4 Å². The fraction of sp³-hybridized carbons (Fsp3) is 0.333. The Bertz CT molecular complexity index is 1120. The quantitative estimate of drug-likeness (QED) is 0.557. The van der Waals surface area contributed by atoms with Crippen LogP contribution in [0.4, 0.5) is 13.2 Å². The Morgan fingerprint density at radius 3 is 2.52 bits per heavy atom. The van der Waals surface area contributed by atoms with Crippen LogP contribution in [0.25, 0.3) is 11.4 Å². The second-order valence-electron chi connectivity index (χ2n) is 7.99. The lowest BCUT2D eigenvalue weighted by atomic mass is 9.95. The summed E-state index contributed by atoms with van der Waals surface area (Å²) >= 11 is 0. The number of carbonyl (C=O) groups excluding carboxylic acids is 1. The van der Waals surface area contributed by atoms with Crippen LogP contribution in [0, 0.1) is 6.92 Å². The van der Waals surface area contributed by atoms with Gasteiger partial charge in [0, 0.05) is 36.8 Å². The van der Waals surface area contributed by atoms with E-state index < -0.39 is 17.8 Å². The normalized spacial score (nSPS) is 18.8. The Balaban J connectivity index is 1.56. The standard InChI is InChI=1S/C24H23F3N4O2/c1-15-6-3-7-18(21(15)22-28-11-5-12-29-22)23(32)31-13-4-8-19(16(31)2)33-20-10-9-17(14-30-20)24(25,26)27/h3,5-7,9-12,14,16,19H,4,8,13H2,1-2H3. The minimum atomic E-state index is -4.46. The minimum Gasteiger partial charge on any atom is -0.472 e. The monoisotopic (exact) mass is 456 g/mol. The Labute approximate surface area is 189 Å². The summed E-state index contributed by atoms with van der Waals surface area (Å²) in [5.74, 6) is 0.413. The molecule has 9 heteroatoms. The maximum absolute atomic E-state index is 13.6. The lowest BCUT2D eigenvalue weighted by Gasteiger charge is -2.39. The van der Waals surface area contributed by atoms with E-state index in [9.17, 15) is 18.0 Å². The van der Waals surface area contributed by atoms with Crippen LogP contribution in [0.3, 0.4) is 0 Å². The first-order chi connectivity index (χ1) is 15.8. The topological polar surface area (TPSA) is 68.2 Å². The van der Waals surface area contributed by atoms with E-state index in [2.05, 4.69) is 15.0 Å². The van der Waals surface area contributed by atoms with Crippen molar-refractivity contribution in [1.29, 1.82) is 0 Å². The second kappa shape index (κ2) is 9.17. The summed E-state index contributed by atoms with van der Waals surface area (Å²) in [5, 5.41) is 0. The van der Waals surface area contributed by atoms with Crippen LogP contribution < -0.4 is 4.74 Å². The van der Waals surface area contributed by atoms with Gasteiger partial charge < -0.3 is 9.64 Å². The molecule has 0 aliphatic carbocycles. The third-order valence-corrected chi connectivity index (χ3v) is 5.81. The van der Waals surface area contributed by atoms with Gasteiger partial charge in [0.25, 0.3) is 5.91 Å². The third kappa shape index (κ3) is 4.81. The molecule has 1 aliphatic rings. The van der Waals surface area contributed by atoms with Crippen LogP contribution in [0.2, 0.25) is 0 Å². The van der Waals surface area contributed by atoms with E-state index in [1.165, 1.54) is 6.07 Å². The maximum atomic E-state index is 13.6. The maximum Gasteiger partial charge on any atom is 0.417 e. The molecule has 1 fully saturated rings. The second-order valence-corrected chi connectivity index (χ2v) is 7.99. The van der Waals surface area contributed by atoms with Gasteiger partial charge in [-0.25, -0.2) is 15.0 Å². The van der Waals surface area contributed by atoms with Crippen molar-refractivity contribution in [2.75, 3.05) is 6.54 Å². The first-order valence-corrected chi connectivity index (χ1v) is 10.6. The number of likely N-dealkylation sites (tertiary alicyclic amines) is 1. The van der Waals surface area contributed by atoms with Gasteiger partial charge in [0.15, 0.2) is 5.82 Å². The molecular formula is C24H23F3N4O2. The number of hydrogen-bond acceptors (Lipinski definition) is 5. The summed E-state index contributed by atoms with van der Waals surface area (Å²) in [6.45, 7) is 4.33. The molecule has 4 rings (SSSR count). The minimum absolute atomic E-state index is 0.100. The number of aryl methyl sites for hydroxylation is 1. The summed E-state index contributed by atoms with van der Waals surface area (Å²) in [6.07, 6.45) is 0.528. The fourth-order valence-corrected chi connectivity index (χ4v) is 4.05. The van der Waals surface area contributed by atoms with Gasteiger partial charge in [-0.3, -0.25) is 4.79 Å². The first-order valence-electron chi connectivity index (χ1n) is 10.6. The van der Waals surface area contributed by atoms with Crippen molar-refractivity contribution in [3.63, 3.8) is 0 Å². The highest BCUT2D eigenvalue weighted by Crippen LogP contribution is 2.31. The zero-order valence-electron chi connectivity index (χ0n) is 18.2. The number of alkyl halides is 3. The van der Waals surface area contributed by atoms with Crippen molar-refractivity contribution in [3.05, 3.63) is 71.7 Å². The van der Waals surface area contributed by atoms with Crippen molar-refractivity contribution in [2.45, 2.75) is 45.0 Å². The summed E-state index contributed by atoms with van der Waals surface area (Å²) < 4.78 is 44.3. The fourth-order valence-electron chi connectivity index (χ4n) is 4.05. The molecule has 0 radical (unpaired) electrons. The Morgan fingerprint density at radius 2 is 1.85 bits per heavy atom. The summed E-state index contributed by atoms with van der Waals surface area (Å²) in [4.78, 5) is 27.8. The zero-order chi connectivity index (χ0) is 23.6. The lowest BCUT2D eigenvalue weighted by Crippen LogP contribution is -2.51. The van der Waals surface area contributed by atoms with Crippen molar-refractivity contribution >= 4 is 5.91 Å². The molecule has 0 bridgehead atoms. The smallest absolute Gasteiger partial charge is 0.417 e. The van der Waals surface area contributed by atoms with Crippen molar-refractivity contribution in [3.8, 4) is 17.3 Å². The Kier molecular flexibility index (Phi) is 6.31. The highest BCUT2D eigenvalue weighted by atomic mass is 19.4. The third-order valence-electron chi connectivity index (χ3n) is 5.81. The van der Waals surface area contributed by atoms with Gasteiger partial charge in [0.1, 0.15) is 6.10 Å². The van der Waals surface area contributed by atoms with Gasteiger partial charge in [-0.1, -0.05) is 12.1 Å². The van der Waals surface area contributed by atoms with Gasteiger partial charge in [-0.2, -0.15) is 13.2 Å². The highest BCUT2D eigenvalue weighted by molar-refractivity contribution is 6.01. The van der Waals surface area contributed by atoms with Gasteiger partial charge in [-0.15, -0.1) is 0 Å². The molecule has 2 atom stereocenters. The molecule has 0 saturated carbocycles. The molecule has 172 valence electrons. The lowest BCUT2D eigenvalue weighted by molar-refractivity contribution is -0.137. The molecule has 1 aromatic carbocycles. The summed E-state index contributed by atoms with van der Waals surface area (Å²) in [6, 6.07) is 9.05. The van der Waals surface area contributed by atoms with Crippen molar-refractivity contribution in [1.82, 2.24) is 19.9 Å². The number of rotatable bonds is 4. The average Bonchev–Trinajstić information content (AvgIpc) is 2.80. The molecule has 1 saturated heterocycles. The molecule has 2 unspecified atom stereocenters. The predicted octanol–water partition coefficient (Wildman–Crippen LogP) is 4.94.